The minimum absolute atomic E-state index is 0. The molecule has 3 heterocycles. The molecule has 18 heavy (non-hydrogen) atoms. The monoisotopic (exact) mass is 267 g/mol. The molecule has 0 aromatic heterocycles. The van der Waals surface area contributed by atoms with Crippen molar-refractivity contribution in [2.75, 3.05) is 19.7 Å². The molecule has 0 radical (unpaired) electrons. The summed E-state index contributed by atoms with van der Waals surface area (Å²) in [4.78, 5) is 2.55. The van der Waals surface area contributed by atoms with Gasteiger partial charge in [0, 0.05) is 19.7 Å². The molecular weight excluding hydrogens is 246 g/mol. The van der Waals surface area contributed by atoms with Crippen molar-refractivity contribution in [3.05, 3.63) is 35.9 Å². The summed E-state index contributed by atoms with van der Waals surface area (Å²) >= 11 is 0. The first-order chi connectivity index (χ1) is 8.35. The fourth-order valence-corrected chi connectivity index (χ4v) is 3.49. The molecule has 4 rings (SSSR count). The lowest BCUT2D eigenvalue weighted by Gasteiger charge is -2.54. The molecule has 3 saturated heterocycles. The van der Waals surface area contributed by atoms with Gasteiger partial charge in [0.05, 0.1) is 0 Å². The number of piperidine rings is 3. The fraction of sp³-hybridized carbons (Fsp3) is 0.600. The van der Waals surface area contributed by atoms with Crippen LogP contribution < -0.4 is 0 Å². The van der Waals surface area contributed by atoms with Gasteiger partial charge in [-0.05, 0) is 37.7 Å². The van der Waals surface area contributed by atoms with Gasteiger partial charge in [0.1, 0.15) is 5.72 Å². The Labute approximate surface area is 116 Å². The number of rotatable bonds is 3. The van der Waals surface area contributed by atoms with Gasteiger partial charge < -0.3 is 4.74 Å². The molecular formula is C15H22ClNO. The number of benzene rings is 1. The third-order valence-electron chi connectivity index (χ3n) is 4.30. The molecule has 1 unspecified atom stereocenters. The summed E-state index contributed by atoms with van der Waals surface area (Å²) in [6, 6.07) is 10.8. The quantitative estimate of drug-likeness (QED) is 0.832. The van der Waals surface area contributed by atoms with Crippen LogP contribution in [0.4, 0.5) is 0 Å². The molecule has 1 atom stereocenters. The maximum Gasteiger partial charge on any atom is 0.148 e. The van der Waals surface area contributed by atoms with Gasteiger partial charge in [-0.2, -0.15) is 0 Å². The van der Waals surface area contributed by atoms with Crippen LogP contribution in [-0.2, 0) is 10.5 Å². The lowest BCUT2D eigenvalue weighted by molar-refractivity contribution is -0.213. The zero-order valence-corrected chi connectivity index (χ0v) is 11.8. The summed E-state index contributed by atoms with van der Waals surface area (Å²) in [6.07, 6.45) is 3.87. The predicted octanol–water partition coefficient (Wildman–Crippen LogP) is 3.41. The number of nitrogens with zero attached hydrogens (tertiary/aromatic N) is 1. The van der Waals surface area contributed by atoms with Crippen molar-refractivity contribution < 1.29 is 4.74 Å². The Hall–Kier alpha value is -0.570. The van der Waals surface area contributed by atoms with E-state index in [-0.39, 0.29) is 18.1 Å². The highest BCUT2D eigenvalue weighted by Gasteiger charge is 2.47. The first-order valence-corrected chi connectivity index (χ1v) is 6.79. The molecule has 3 aliphatic rings. The molecule has 0 aliphatic carbocycles. The van der Waals surface area contributed by atoms with Crippen LogP contribution in [0.25, 0.3) is 0 Å². The second-order valence-electron chi connectivity index (χ2n) is 5.22. The van der Waals surface area contributed by atoms with Crippen LogP contribution in [0.5, 0.6) is 0 Å². The van der Waals surface area contributed by atoms with E-state index in [9.17, 15) is 0 Å². The molecule has 0 spiro atoms. The number of fused-ring (bicyclic) bond motifs is 3. The van der Waals surface area contributed by atoms with Crippen LogP contribution in [0.15, 0.2) is 30.3 Å². The van der Waals surface area contributed by atoms with Crippen LogP contribution >= 0.6 is 12.4 Å². The second kappa shape index (κ2) is 5.60. The SMILES string of the molecule is CCOC1(c2ccccc2)CC2CCN1CC2.Cl. The molecule has 3 heteroatoms. The summed E-state index contributed by atoms with van der Waals surface area (Å²) in [6.45, 7) is 5.28. The zero-order chi connectivity index (χ0) is 11.7. The van der Waals surface area contributed by atoms with Gasteiger partial charge in [-0.25, -0.2) is 0 Å². The zero-order valence-electron chi connectivity index (χ0n) is 11.0. The van der Waals surface area contributed by atoms with Crippen molar-refractivity contribution in [2.24, 2.45) is 5.92 Å². The molecule has 2 nitrogen and oxygen atoms in total. The van der Waals surface area contributed by atoms with Gasteiger partial charge in [0.15, 0.2) is 0 Å². The van der Waals surface area contributed by atoms with Crippen molar-refractivity contribution in [1.82, 2.24) is 4.90 Å². The number of ether oxygens (including phenoxy) is 1. The maximum atomic E-state index is 6.22. The summed E-state index contributed by atoms with van der Waals surface area (Å²) in [5.41, 5.74) is 1.21. The molecule has 2 bridgehead atoms. The fourth-order valence-electron chi connectivity index (χ4n) is 3.49. The van der Waals surface area contributed by atoms with Crippen molar-refractivity contribution in [3.63, 3.8) is 0 Å². The lowest BCUT2D eigenvalue weighted by atomic mass is 9.78. The summed E-state index contributed by atoms with van der Waals surface area (Å²) in [7, 11) is 0. The van der Waals surface area contributed by atoms with Crippen LogP contribution in [-0.4, -0.2) is 24.6 Å². The van der Waals surface area contributed by atoms with Gasteiger partial charge in [-0.3, -0.25) is 4.90 Å². The van der Waals surface area contributed by atoms with E-state index in [0.717, 1.165) is 12.5 Å². The van der Waals surface area contributed by atoms with Gasteiger partial charge in [0.2, 0.25) is 0 Å². The molecule has 0 saturated carbocycles. The minimum Gasteiger partial charge on any atom is -0.356 e. The molecule has 0 N–H and O–H groups in total. The highest BCUT2D eigenvalue weighted by atomic mass is 35.5. The first-order valence-electron chi connectivity index (χ1n) is 6.79. The molecule has 3 fully saturated rings. The average Bonchev–Trinajstić information content (AvgIpc) is 2.41. The highest BCUT2D eigenvalue weighted by Crippen LogP contribution is 2.46. The maximum absolute atomic E-state index is 6.22. The Balaban J connectivity index is 0.00000120. The van der Waals surface area contributed by atoms with E-state index in [2.05, 4.69) is 42.2 Å². The smallest absolute Gasteiger partial charge is 0.148 e. The van der Waals surface area contributed by atoms with E-state index in [1.54, 1.807) is 0 Å². The highest BCUT2D eigenvalue weighted by molar-refractivity contribution is 5.85. The van der Waals surface area contributed by atoms with Crippen LogP contribution in [0.2, 0.25) is 0 Å². The topological polar surface area (TPSA) is 12.5 Å². The van der Waals surface area contributed by atoms with E-state index in [1.807, 2.05) is 0 Å². The average molecular weight is 268 g/mol. The van der Waals surface area contributed by atoms with Gasteiger partial charge >= 0.3 is 0 Å². The van der Waals surface area contributed by atoms with E-state index in [0.29, 0.717) is 0 Å². The lowest BCUT2D eigenvalue weighted by Crippen LogP contribution is -2.57. The largest absolute Gasteiger partial charge is 0.356 e. The van der Waals surface area contributed by atoms with Crippen LogP contribution in [0, 0.1) is 5.92 Å². The third kappa shape index (κ3) is 2.18. The van der Waals surface area contributed by atoms with Gasteiger partial charge in [0.25, 0.3) is 0 Å². The van der Waals surface area contributed by atoms with E-state index in [1.165, 1.54) is 37.9 Å². The Kier molecular flexibility index (Phi) is 4.31. The Morgan fingerprint density at radius 3 is 2.39 bits per heavy atom. The normalized spacial score (nSPS) is 34.1. The first kappa shape index (κ1) is 13.9. The summed E-state index contributed by atoms with van der Waals surface area (Å²) in [5.74, 6) is 0.853. The minimum atomic E-state index is -0.128. The molecule has 1 aromatic carbocycles. The number of halogens is 1. The standard InChI is InChI=1S/C15H21NO.ClH/c1-2-17-15(14-6-4-3-5-7-14)12-13-8-10-16(15)11-9-13;/h3-7,13H,2,8-12H2,1H3;1H. The number of hydrogen-bond donors (Lipinski definition) is 0. The van der Waals surface area contributed by atoms with Crippen LogP contribution in [0.1, 0.15) is 31.7 Å². The van der Waals surface area contributed by atoms with Crippen molar-refractivity contribution in [3.8, 4) is 0 Å². The Bertz CT molecular complexity index is 375. The van der Waals surface area contributed by atoms with E-state index >= 15 is 0 Å². The molecule has 0 amide bonds. The Morgan fingerprint density at radius 2 is 1.89 bits per heavy atom. The Morgan fingerprint density at radius 1 is 1.22 bits per heavy atom. The van der Waals surface area contributed by atoms with E-state index in [4.69, 9.17) is 4.74 Å². The predicted molar refractivity (Wildman–Crippen MR) is 75.9 cm³/mol. The van der Waals surface area contributed by atoms with Crippen molar-refractivity contribution >= 4 is 12.4 Å². The molecule has 1 aromatic rings. The van der Waals surface area contributed by atoms with Crippen LogP contribution in [0.3, 0.4) is 0 Å². The van der Waals surface area contributed by atoms with Gasteiger partial charge in [-0.1, -0.05) is 30.3 Å². The van der Waals surface area contributed by atoms with Gasteiger partial charge in [-0.15, -0.1) is 12.4 Å². The molecule has 3 aliphatic heterocycles. The summed E-state index contributed by atoms with van der Waals surface area (Å²) in [5, 5.41) is 0. The third-order valence-corrected chi connectivity index (χ3v) is 4.30. The van der Waals surface area contributed by atoms with E-state index < -0.39 is 0 Å². The second-order valence-corrected chi connectivity index (χ2v) is 5.22. The molecule has 100 valence electrons. The van der Waals surface area contributed by atoms with Crippen molar-refractivity contribution in [2.45, 2.75) is 31.9 Å². The number of hydrogen-bond acceptors (Lipinski definition) is 2. The summed E-state index contributed by atoms with van der Waals surface area (Å²) < 4.78 is 6.22. The van der Waals surface area contributed by atoms with Crippen molar-refractivity contribution in [1.29, 1.82) is 0 Å².